The summed E-state index contributed by atoms with van der Waals surface area (Å²) in [5.74, 6) is 0.195. The monoisotopic (exact) mass is 330 g/mol. The molecule has 5 nitrogen and oxygen atoms in total. The molecule has 2 aromatic heterocycles. The molecule has 1 fully saturated rings. The van der Waals surface area contributed by atoms with Crippen LogP contribution in [0.25, 0.3) is 0 Å². The van der Waals surface area contributed by atoms with Gasteiger partial charge < -0.3 is 9.47 Å². The first-order valence-corrected chi connectivity index (χ1v) is 9.00. The SMILES string of the molecule is Cc1ccc(CN2Cc3ncn(C)c3[C@H](C(=O)N3CCC3)C2)s1. The standard InChI is InChI=1S/C17H22N4OS/c1-12-4-5-13(23-12)8-20-9-14(17(22)21-6-3-7-21)16-15(10-20)18-11-19(16)2/h4-5,11,14H,3,6-10H2,1-2H3/t14-/m1/s1. The third-order valence-corrected chi connectivity index (χ3v) is 5.83. The summed E-state index contributed by atoms with van der Waals surface area (Å²) in [6.45, 7) is 6.48. The van der Waals surface area contributed by atoms with Gasteiger partial charge in [0.05, 0.1) is 23.6 Å². The van der Waals surface area contributed by atoms with Crippen LogP contribution in [0.15, 0.2) is 18.5 Å². The summed E-state index contributed by atoms with van der Waals surface area (Å²) in [6.07, 6.45) is 2.98. The first-order valence-electron chi connectivity index (χ1n) is 8.18. The largest absolute Gasteiger partial charge is 0.342 e. The lowest BCUT2D eigenvalue weighted by molar-refractivity contribution is -0.137. The van der Waals surface area contributed by atoms with Crippen molar-refractivity contribution in [2.75, 3.05) is 19.6 Å². The number of amides is 1. The average Bonchev–Trinajstić information content (AvgIpc) is 3.03. The molecule has 0 saturated carbocycles. The molecule has 1 saturated heterocycles. The van der Waals surface area contributed by atoms with Crippen molar-refractivity contribution in [2.45, 2.75) is 32.4 Å². The summed E-state index contributed by atoms with van der Waals surface area (Å²) < 4.78 is 2.03. The van der Waals surface area contributed by atoms with E-state index in [4.69, 9.17) is 0 Å². The van der Waals surface area contributed by atoms with Crippen molar-refractivity contribution >= 4 is 17.2 Å². The highest BCUT2D eigenvalue weighted by atomic mass is 32.1. The molecule has 0 N–H and O–H groups in total. The number of nitrogens with zero attached hydrogens (tertiary/aromatic N) is 4. The zero-order chi connectivity index (χ0) is 16.0. The lowest BCUT2D eigenvalue weighted by Gasteiger charge is -2.38. The molecule has 0 unspecified atom stereocenters. The van der Waals surface area contributed by atoms with E-state index >= 15 is 0 Å². The normalized spacial score (nSPS) is 21.1. The second-order valence-electron chi connectivity index (χ2n) is 6.60. The minimum absolute atomic E-state index is 0.0763. The Hall–Kier alpha value is -1.66. The molecular formula is C17H22N4OS. The molecule has 122 valence electrons. The van der Waals surface area contributed by atoms with Gasteiger partial charge in [-0.2, -0.15) is 0 Å². The molecule has 2 aliphatic heterocycles. The number of carbonyl (C=O) groups excluding carboxylic acids is 1. The molecule has 23 heavy (non-hydrogen) atoms. The van der Waals surface area contributed by atoms with Gasteiger partial charge in [-0.05, 0) is 25.5 Å². The Morgan fingerprint density at radius 1 is 1.39 bits per heavy atom. The van der Waals surface area contributed by atoms with Gasteiger partial charge in [0, 0.05) is 49.5 Å². The number of hydrogen-bond acceptors (Lipinski definition) is 4. The van der Waals surface area contributed by atoms with E-state index in [1.165, 1.54) is 9.75 Å². The van der Waals surface area contributed by atoms with Crippen molar-refractivity contribution in [2.24, 2.45) is 7.05 Å². The third-order valence-electron chi connectivity index (χ3n) is 4.85. The number of aryl methyl sites for hydroxylation is 2. The second-order valence-corrected chi connectivity index (χ2v) is 7.97. The Kier molecular flexibility index (Phi) is 3.73. The summed E-state index contributed by atoms with van der Waals surface area (Å²) in [5, 5.41) is 0. The predicted octanol–water partition coefficient (Wildman–Crippen LogP) is 2.12. The zero-order valence-electron chi connectivity index (χ0n) is 13.7. The minimum Gasteiger partial charge on any atom is -0.342 e. The first kappa shape index (κ1) is 14.9. The third kappa shape index (κ3) is 2.70. The number of fused-ring (bicyclic) bond motifs is 1. The average molecular weight is 330 g/mol. The Bertz CT molecular complexity index is 731. The van der Waals surface area contributed by atoms with Crippen molar-refractivity contribution in [3.05, 3.63) is 39.6 Å². The van der Waals surface area contributed by atoms with E-state index in [2.05, 4.69) is 28.9 Å². The quantitative estimate of drug-likeness (QED) is 0.866. The minimum atomic E-state index is -0.0763. The van der Waals surface area contributed by atoms with Crippen LogP contribution in [-0.2, 0) is 24.9 Å². The molecule has 0 bridgehead atoms. The number of rotatable bonds is 3. The van der Waals surface area contributed by atoms with E-state index in [0.29, 0.717) is 0 Å². The Balaban J connectivity index is 1.59. The van der Waals surface area contributed by atoms with Gasteiger partial charge in [-0.1, -0.05) is 0 Å². The molecule has 1 amide bonds. The molecule has 2 aromatic rings. The van der Waals surface area contributed by atoms with E-state index in [9.17, 15) is 4.79 Å². The highest BCUT2D eigenvalue weighted by Gasteiger charge is 2.37. The predicted molar refractivity (Wildman–Crippen MR) is 90.3 cm³/mol. The van der Waals surface area contributed by atoms with E-state index in [1.54, 1.807) is 0 Å². The smallest absolute Gasteiger partial charge is 0.233 e. The van der Waals surface area contributed by atoms with E-state index in [-0.39, 0.29) is 11.8 Å². The first-order chi connectivity index (χ1) is 11.1. The van der Waals surface area contributed by atoms with Crippen LogP contribution < -0.4 is 0 Å². The zero-order valence-corrected chi connectivity index (χ0v) is 14.5. The Morgan fingerprint density at radius 2 is 2.22 bits per heavy atom. The summed E-state index contributed by atoms with van der Waals surface area (Å²) >= 11 is 1.84. The van der Waals surface area contributed by atoms with Crippen molar-refractivity contribution < 1.29 is 4.79 Å². The molecule has 4 rings (SSSR count). The number of likely N-dealkylation sites (tertiary alicyclic amines) is 1. The molecule has 0 radical (unpaired) electrons. The van der Waals surface area contributed by atoms with Gasteiger partial charge in [-0.3, -0.25) is 9.69 Å². The maximum atomic E-state index is 12.9. The van der Waals surface area contributed by atoms with Crippen LogP contribution in [0.3, 0.4) is 0 Å². The highest BCUT2D eigenvalue weighted by molar-refractivity contribution is 7.11. The van der Waals surface area contributed by atoms with Crippen molar-refractivity contribution in [1.29, 1.82) is 0 Å². The number of hydrogen-bond donors (Lipinski definition) is 0. The molecule has 6 heteroatoms. The van der Waals surface area contributed by atoms with Crippen LogP contribution in [0, 0.1) is 6.92 Å². The fraction of sp³-hybridized carbons (Fsp3) is 0.529. The Labute approximate surface area is 140 Å². The lowest BCUT2D eigenvalue weighted by atomic mass is 9.95. The van der Waals surface area contributed by atoms with Gasteiger partial charge in [0.1, 0.15) is 0 Å². The van der Waals surface area contributed by atoms with Gasteiger partial charge >= 0.3 is 0 Å². The Morgan fingerprint density at radius 3 is 2.87 bits per heavy atom. The van der Waals surface area contributed by atoms with Gasteiger partial charge in [0.15, 0.2) is 0 Å². The molecular weight excluding hydrogens is 308 g/mol. The van der Waals surface area contributed by atoms with Crippen LogP contribution in [0.2, 0.25) is 0 Å². The molecule has 0 spiro atoms. The molecule has 0 aliphatic carbocycles. The van der Waals surface area contributed by atoms with E-state index in [1.807, 2.05) is 34.2 Å². The molecule has 1 atom stereocenters. The fourth-order valence-corrected chi connectivity index (χ4v) is 4.47. The van der Waals surface area contributed by atoms with Gasteiger partial charge in [0.2, 0.25) is 5.91 Å². The maximum absolute atomic E-state index is 12.9. The van der Waals surface area contributed by atoms with Crippen LogP contribution >= 0.6 is 11.3 Å². The van der Waals surface area contributed by atoms with E-state index in [0.717, 1.165) is 50.5 Å². The highest BCUT2D eigenvalue weighted by Crippen LogP contribution is 2.31. The summed E-state index contributed by atoms with van der Waals surface area (Å²) in [4.78, 5) is 24.4. The summed E-state index contributed by atoms with van der Waals surface area (Å²) in [5.41, 5.74) is 2.17. The summed E-state index contributed by atoms with van der Waals surface area (Å²) in [6, 6.07) is 4.36. The van der Waals surface area contributed by atoms with Gasteiger partial charge in [0.25, 0.3) is 0 Å². The van der Waals surface area contributed by atoms with Crippen molar-refractivity contribution in [1.82, 2.24) is 19.4 Å². The van der Waals surface area contributed by atoms with Crippen LogP contribution in [0.5, 0.6) is 0 Å². The second kappa shape index (κ2) is 5.76. The maximum Gasteiger partial charge on any atom is 0.233 e. The van der Waals surface area contributed by atoms with Crippen molar-refractivity contribution in [3.8, 4) is 0 Å². The van der Waals surface area contributed by atoms with Gasteiger partial charge in [-0.15, -0.1) is 11.3 Å². The van der Waals surface area contributed by atoms with E-state index < -0.39 is 0 Å². The number of aromatic nitrogens is 2. The van der Waals surface area contributed by atoms with Crippen LogP contribution in [0.1, 0.15) is 33.5 Å². The number of carbonyl (C=O) groups is 1. The van der Waals surface area contributed by atoms with Gasteiger partial charge in [-0.25, -0.2) is 4.98 Å². The number of imidazole rings is 1. The van der Waals surface area contributed by atoms with Crippen LogP contribution in [-0.4, -0.2) is 44.9 Å². The lowest BCUT2D eigenvalue weighted by Crippen LogP contribution is -2.48. The summed E-state index contributed by atoms with van der Waals surface area (Å²) in [7, 11) is 2.00. The number of thiophene rings is 1. The molecule has 4 heterocycles. The van der Waals surface area contributed by atoms with Crippen LogP contribution in [0.4, 0.5) is 0 Å². The topological polar surface area (TPSA) is 41.4 Å². The van der Waals surface area contributed by atoms with Crippen molar-refractivity contribution in [3.63, 3.8) is 0 Å². The fourth-order valence-electron chi connectivity index (χ4n) is 3.54. The molecule has 2 aliphatic rings. The molecule has 0 aromatic carbocycles.